The molecule has 1 aliphatic carbocycles. The van der Waals surface area contributed by atoms with E-state index in [-0.39, 0.29) is 5.56 Å². The van der Waals surface area contributed by atoms with E-state index in [1.807, 2.05) is 41.1 Å². The first-order chi connectivity index (χ1) is 9.26. The van der Waals surface area contributed by atoms with Gasteiger partial charge >= 0.3 is 0 Å². The number of benzene rings is 1. The van der Waals surface area contributed by atoms with Crippen molar-refractivity contribution in [2.45, 2.75) is 19.4 Å². The Kier molecular flexibility index (Phi) is 3.11. The highest BCUT2D eigenvalue weighted by molar-refractivity contribution is 5.63. The molecule has 1 aliphatic rings. The SMILES string of the molecule is COc1ccc(-c2ccc(=O)n(CC3CC3)c2)cc1. The minimum Gasteiger partial charge on any atom is -0.497 e. The van der Waals surface area contributed by atoms with E-state index in [4.69, 9.17) is 4.74 Å². The van der Waals surface area contributed by atoms with Gasteiger partial charge in [0.15, 0.2) is 0 Å². The van der Waals surface area contributed by atoms with Crippen LogP contribution < -0.4 is 10.3 Å². The normalized spacial score (nSPS) is 14.4. The molecule has 0 bridgehead atoms. The Bertz CT molecular complexity index is 624. The number of ether oxygens (including phenoxy) is 1. The first-order valence-electron chi connectivity index (χ1n) is 6.61. The van der Waals surface area contributed by atoms with Gasteiger partial charge in [-0.3, -0.25) is 4.79 Å². The fourth-order valence-corrected chi connectivity index (χ4v) is 2.21. The predicted molar refractivity (Wildman–Crippen MR) is 75.4 cm³/mol. The van der Waals surface area contributed by atoms with Crippen molar-refractivity contribution in [3.05, 3.63) is 52.9 Å². The molecule has 0 N–H and O–H groups in total. The molecule has 0 unspecified atom stereocenters. The molecule has 19 heavy (non-hydrogen) atoms. The van der Waals surface area contributed by atoms with E-state index in [0.717, 1.165) is 23.4 Å². The number of methoxy groups -OCH3 is 1. The van der Waals surface area contributed by atoms with Gasteiger partial charge in [-0.2, -0.15) is 0 Å². The lowest BCUT2D eigenvalue weighted by Crippen LogP contribution is -2.19. The molecule has 1 saturated carbocycles. The van der Waals surface area contributed by atoms with Gasteiger partial charge in [0, 0.05) is 18.8 Å². The largest absolute Gasteiger partial charge is 0.497 e. The Labute approximate surface area is 112 Å². The number of hydrogen-bond acceptors (Lipinski definition) is 2. The van der Waals surface area contributed by atoms with Gasteiger partial charge in [0.2, 0.25) is 0 Å². The quantitative estimate of drug-likeness (QED) is 0.841. The van der Waals surface area contributed by atoms with Gasteiger partial charge in [-0.25, -0.2) is 0 Å². The van der Waals surface area contributed by atoms with E-state index in [2.05, 4.69) is 0 Å². The van der Waals surface area contributed by atoms with Crippen LogP contribution in [0.1, 0.15) is 12.8 Å². The molecule has 3 rings (SSSR count). The first-order valence-corrected chi connectivity index (χ1v) is 6.61. The zero-order chi connectivity index (χ0) is 13.2. The highest BCUT2D eigenvalue weighted by atomic mass is 16.5. The third kappa shape index (κ3) is 2.70. The smallest absolute Gasteiger partial charge is 0.250 e. The maximum Gasteiger partial charge on any atom is 0.250 e. The van der Waals surface area contributed by atoms with Crippen LogP contribution in [0, 0.1) is 5.92 Å². The Morgan fingerprint density at radius 2 is 1.79 bits per heavy atom. The molecule has 0 saturated heterocycles. The van der Waals surface area contributed by atoms with Crippen LogP contribution in [0.25, 0.3) is 11.1 Å². The van der Waals surface area contributed by atoms with Gasteiger partial charge in [-0.15, -0.1) is 0 Å². The van der Waals surface area contributed by atoms with Crippen molar-refractivity contribution in [3.8, 4) is 16.9 Å². The third-order valence-corrected chi connectivity index (χ3v) is 3.56. The van der Waals surface area contributed by atoms with Gasteiger partial charge in [-0.1, -0.05) is 12.1 Å². The summed E-state index contributed by atoms with van der Waals surface area (Å²) < 4.78 is 6.98. The fourth-order valence-electron chi connectivity index (χ4n) is 2.21. The van der Waals surface area contributed by atoms with Gasteiger partial charge in [0.05, 0.1) is 7.11 Å². The predicted octanol–water partition coefficient (Wildman–Crippen LogP) is 2.93. The molecule has 1 aromatic heterocycles. The van der Waals surface area contributed by atoms with Crippen molar-refractivity contribution < 1.29 is 4.74 Å². The van der Waals surface area contributed by atoms with E-state index in [0.29, 0.717) is 5.92 Å². The van der Waals surface area contributed by atoms with Crippen LogP contribution in [0.3, 0.4) is 0 Å². The zero-order valence-corrected chi connectivity index (χ0v) is 11.0. The second kappa shape index (κ2) is 4.92. The van der Waals surface area contributed by atoms with Crippen LogP contribution >= 0.6 is 0 Å². The molecule has 0 atom stereocenters. The monoisotopic (exact) mass is 255 g/mol. The van der Waals surface area contributed by atoms with Crippen LogP contribution in [-0.2, 0) is 6.54 Å². The Morgan fingerprint density at radius 3 is 2.42 bits per heavy atom. The van der Waals surface area contributed by atoms with Crippen LogP contribution in [0.4, 0.5) is 0 Å². The zero-order valence-electron chi connectivity index (χ0n) is 11.0. The Hall–Kier alpha value is -2.03. The van der Waals surface area contributed by atoms with Gasteiger partial charge < -0.3 is 9.30 Å². The number of hydrogen-bond donors (Lipinski definition) is 0. The highest BCUT2D eigenvalue weighted by Gasteiger charge is 2.22. The highest BCUT2D eigenvalue weighted by Crippen LogP contribution is 2.30. The molecule has 1 aromatic carbocycles. The molecular weight excluding hydrogens is 238 g/mol. The van der Waals surface area contributed by atoms with Crippen LogP contribution in [0.15, 0.2) is 47.4 Å². The van der Waals surface area contributed by atoms with Gasteiger partial charge in [0.25, 0.3) is 5.56 Å². The van der Waals surface area contributed by atoms with Crippen LogP contribution in [0.2, 0.25) is 0 Å². The molecule has 3 heteroatoms. The van der Waals surface area contributed by atoms with E-state index < -0.39 is 0 Å². The summed E-state index contributed by atoms with van der Waals surface area (Å²) in [5.41, 5.74) is 2.26. The van der Waals surface area contributed by atoms with E-state index in [1.54, 1.807) is 13.2 Å². The maximum atomic E-state index is 11.8. The summed E-state index contributed by atoms with van der Waals surface area (Å²) in [5.74, 6) is 1.54. The summed E-state index contributed by atoms with van der Waals surface area (Å²) in [7, 11) is 1.66. The van der Waals surface area contributed by atoms with Gasteiger partial charge in [0.1, 0.15) is 5.75 Å². The third-order valence-electron chi connectivity index (χ3n) is 3.56. The molecule has 0 radical (unpaired) electrons. The fraction of sp³-hybridized carbons (Fsp3) is 0.312. The second-order valence-electron chi connectivity index (χ2n) is 5.08. The van der Waals surface area contributed by atoms with Crippen LogP contribution in [-0.4, -0.2) is 11.7 Å². The number of rotatable bonds is 4. The molecule has 1 heterocycles. The topological polar surface area (TPSA) is 31.2 Å². The minimum atomic E-state index is 0.0872. The summed E-state index contributed by atoms with van der Waals surface area (Å²) in [5, 5.41) is 0. The van der Waals surface area contributed by atoms with Crippen molar-refractivity contribution in [1.82, 2.24) is 4.57 Å². The lowest BCUT2D eigenvalue weighted by molar-refractivity contribution is 0.415. The van der Waals surface area contributed by atoms with Crippen molar-refractivity contribution in [3.63, 3.8) is 0 Å². The lowest BCUT2D eigenvalue weighted by Gasteiger charge is -2.08. The van der Waals surface area contributed by atoms with Crippen molar-refractivity contribution >= 4 is 0 Å². The molecule has 98 valence electrons. The summed E-state index contributed by atoms with van der Waals surface area (Å²) in [6, 6.07) is 11.4. The average Bonchev–Trinajstić information content (AvgIpc) is 3.25. The summed E-state index contributed by atoms with van der Waals surface area (Å²) >= 11 is 0. The summed E-state index contributed by atoms with van der Waals surface area (Å²) in [6.45, 7) is 0.850. The summed E-state index contributed by atoms with van der Waals surface area (Å²) in [6.07, 6.45) is 4.46. The molecule has 0 spiro atoms. The lowest BCUT2D eigenvalue weighted by atomic mass is 10.1. The number of nitrogens with zero attached hydrogens (tertiary/aromatic N) is 1. The molecule has 0 aliphatic heterocycles. The van der Waals surface area contributed by atoms with Crippen molar-refractivity contribution in [1.29, 1.82) is 0 Å². The molecular formula is C16H17NO2. The number of aromatic nitrogens is 1. The van der Waals surface area contributed by atoms with Crippen molar-refractivity contribution in [2.24, 2.45) is 5.92 Å². The van der Waals surface area contributed by atoms with Gasteiger partial charge in [-0.05, 0) is 48.1 Å². The van der Waals surface area contributed by atoms with E-state index >= 15 is 0 Å². The number of pyridine rings is 1. The molecule has 2 aromatic rings. The van der Waals surface area contributed by atoms with E-state index in [9.17, 15) is 4.79 Å². The summed E-state index contributed by atoms with van der Waals surface area (Å²) in [4.78, 5) is 11.8. The first kappa shape index (κ1) is 12.0. The standard InChI is InChI=1S/C16H17NO2/c1-19-15-7-4-13(5-8-15)14-6-9-16(18)17(11-14)10-12-2-3-12/h4-9,11-12H,2-3,10H2,1H3. The maximum absolute atomic E-state index is 11.8. The molecule has 3 nitrogen and oxygen atoms in total. The average molecular weight is 255 g/mol. The minimum absolute atomic E-state index is 0.0872. The Morgan fingerprint density at radius 1 is 1.11 bits per heavy atom. The van der Waals surface area contributed by atoms with Crippen LogP contribution in [0.5, 0.6) is 5.75 Å². The Balaban J connectivity index is 1.92. The van der Waals surface area contributed by atoms with Crippen molar-refractivity contribution in [2.75, 3.05) is 7.11 Å². The molecule has 0 amide bonds. The second-order valence-corrected chi connectivity index (χ2v) is 5.08. The van der Waals surface area contributed by atoms with E-state index in [1.165, 1.54) is 12.8 Å². The molecule has 1 fully saturated rings.